The molecule has 0 aromatic carbocycles. The maximum Gasteiger partial charge on any atom is 0.323 e. The van der Waals surface area contributed by atoms with E-state index >= 15 is 0 Å². The van der Waals surface area contributed by atoms with Gasteiger partial charge in [0, 0.05) is 6.42 Å². The molecule has 0 saturated heterocycles. The molecule has 2 N–H and O–H groups in total. The van der Waals surface area contributed by atoms with E-state index in [0.29, 0.717) is 23.5 Å². The Bertz CT molecular complexity index is 332. The minimum atomic E-state index is -0.685. The Morgan fingerprint density at radius 2 is 2.33 bits per heavy atom. The lowest BCUT2D eigenvalue weighted by Crippen LogP contribution is -2.34. The van der Waals surface area contributed by atoms with Gasteiger partial charge in [-0.05, 0) is 44.8 Å². The normalized spacial score (nSPS) is 12.5. The first-order valence-corrected chi connectivity index (χ1v) is 5.99. The van der Waals surface area contributed by atoms with E-state index in [1.54, 1.807) is 13.0 Å². The van der Waals surface area contributed by atoms with Crippen LogP contribution >= 0.6 is 31.9 Å². The Morgan fingerprint density at radius 1 is 1.67 bits per heavy atom. The molecule has 1 aromatic rings. The highest BCUT2D eigenvalue weighted by Crippen LogP contribution is 2.27. The van der Waals surface area contributed by atoms with E-state index in [2.05, 4.69) is 31.9 Å². The third-order valence-electron chi connectivity index (χ3n) is 1.71. The van der Waals surface area contributed by atoms with Gasteiger partial charge in [-0.25, -0.2) is 0 Å². The molecule has 15 heavy (non-hydrogen) atoms. The second-order valence-electron chi connectivity index (χ2n) is 2.90. The predicted molar refractivity (Wildman–Crippen MR) is 62.4 cm³/mol. The highest BCUT2D eigenvalue weighted by Gasteiger charge is 2.18. The van der Waals surface area contributed by atoms with Crippen molar-refractivity contribution in [2.45, 2.75) is 19.4 Å². The van der Waals surface area contributed by atoms with Crippen LogP contribution in [0.25, 0.3) is 0 Å². The van der Waals surface area contributed by atoms with Gasteiger partial charge >= 0.3 is 5.97 Å². The molecule has 84 valence electrons. The van der Waals surface area contributed by atoms with Gasteiger partial charge in [-0.3, -0.25) is 4.79 Å². The highest BCUT2D eigenvalue weighted by molar-refractivity contribution is 9.13. The number of hydrogen-bond acceptors (Lipinski definition) is 4. The van der Waals surface area contributed by atoms with Crippen LogP contribution in [-0.2, 0) is 16.0 Å². The Balaban J connectivity index is 2.58. The molecule has 0 aliphatic heterocycles. The highest BCUT2D eigenvalue weighted by atomic mass is 79.9. The molecule has 0 saturated carbocycles. The standard InChI is InChI=1S/C9H11Br2NO3/c1-2-14-9(13)7(12)4-5-3-6(10)8(11)15-5/h3,7H,2,4,12H2,1H3. The summed E-state index contributed by atoms with van der Waals surface area (Å²) in [6.45, 7) is 2.07. The molecule has 0 fully saturated rings. The van der Waals surface area contributed by atoms with Crippen molar-refractivity contribution in [3.8, 4) is 0 Å². The molecular weight excluding hydrogens is 330 g/mol. The zero-order valence-electron chi connectivity index (χ0n) is 8.13. The van der Waals surface area contributed by atoms with Crippen LogP contribution in [0.2, 0.25) is 0 Å². The van der Waals surface area contributed by atoms with Crippen LogP contribution in [0.4, 0.5) is 0 Å². The Labute approximate surface area is 104 Å². The van der Waals surface area contributed by atoms with Gasteiger partial charge in [0.15, 0.2) is 4.67 Å². The summed E-state index contributed by atoms with van der Waals surface area (Å²) in [6, 6.07) is 1.08. The lowest BCUT2D eigenvalue weighted by molar-refractivity contribution is -0.144. The molecule has 1 unspecified atom stereocenters. The summed E-state index contributed by atoms with van der Waals surface area (Å²) in [5.41, 5.74) is 5.63. The molecule has 0 amide bonds. The van der Waals surface area contributed by atoms with Crippen LogP contribution in [-0.4, -0.2) is 18.6 Å². The summed E-state index contributed by atoms with van der Waals surface area (Å²) in [6.07, 6.45) is 0.322. The molecule has 0 radical (unpaired) electrons. The fourth-order valence-electron chi connectivity index (χ4n) is 1.04. The molecule has 0 spiro atoms. The van der Waals surface area contributed by atoms with Crippen molar-refractivity contribution in [3.05, 3.63) is 21.0 Å². The molecule has 4 nitrogen and oxygen atoms in total. The number of carbonyl (C=O) groups is 1. The van der Waals surface area contributed by atoms with Gasteiger partial charge < -0.3 is 14.9 Å². The van der Waals surface area contributed by atoms with Crippen molar-refractivity contribution < 1.29 is 13.9 Å². The third-order valence-corrected chi connectivity index (χ3v) is 3.42. The van der Waals surface area contributed by atoms with Crippen LogP contribution in [0, 0.1) is 0 Å². The lowest BCUT2D eigenvalue weighted by Gasteiger charge is -2.08. The van der Waals surface area contributed by atoms with Crippen molar-refractivity contribution >= 4 is 37.8 Å². The smallest absolute Gasteiger partial charge is 0.323 e. The van der Waals surface area contributed by atoms with Gasteiger partial charge in [-0.2, -0.15) is 0 Å². The minimum absolute atomic E-state index is 0.322. The molecule has 1 rings (SSSR count). The third kappa shape index (κ3) is 3.62. The summed E-state index contributed by atoms with van der Waals surface area (Å²) in [5.74, 6) is 0.218. The van der Waals surface area contributed by atoms with Crippen molar-refractivity contribution in [2.24, 2.45) is 5.73 Å². The SMILES string of the molecule is CCOC(=O)C(N)Cc1cc(Br)c(Br)o1. The van der Waals surface area contributed by atoms with Gasteiger partial charge in [-0.1, -0.05) is 0 Å². The van der Waals surface area contributed by atoms with Crippen molar-refractivity contribution in [1.29, 1.82) is 0 Å². The Hall–Kier alpha value is -0.330. The van der Waals surface area contributed by atoms with E-state index in [9.17, 15) is 4.79 Å². The van der Waals surface area contributed by atoms with E-state index in [-0.39, 0.29) is 0 Å². The van der Waals surface area contributed by atoms with Crippen LogP contribution in [0.1, 0.15) is 12.7 Å². The number of halogens is 2. The zero-order valence-corrected chi connectivity index (χ0v) is 11.3. The number of nitrogens with two attached hydrogens (primary N) is 1. The monoisotopic (exact) mass is 339 g/mol. The van der Waals surface area contributed by atoms with Gasteiger partial charge in [-0.15, -0.1) is 0 Å². The lowest BCUT2D eigenvalue weighted by atomic mass is 10.2. The summed E-state index contributed by atoms with van der Waals surface area (Å²) in [4.78, 5) is 11.2. The quantitative estimate of drug-likeness (QED) is 0.854. The largest absolute Gasteiger partial charge is 0.465 e. The maximum atomic E-state index is 11.2. The molecular formula is C9H11Br2NO3. The first kappa shape index (κ1) is 12.7. The topological polar surface area (TPSA) is 65.5 Å². The second kappa shape index (κ2) is 5.67. The van der Waals surface area contributed by atoms with Crippen LogP contribution < -0.4 is 5.73 Å². The fourth-order valence-corrected chi connectivity index (χ4v) is 1.70. The summed E-state index contributed by atoms with van der Waals surface area (Å²) in [7, 11) is 0. The van der Waals surface area contributed by atoms with Gasteiger partial charge in [0.25, 0.3) is 0 Å². The van der Waals surface area contributed by atoms with E-state index in [1.165, 1.54) is 0 Å². The van der Waals surface area contributed by atoms with Crippen molar-refractivity contribution in [1.82, 2.24) is 0 Å². The Kier molecular flexibility index (Phi) is 4.82. The first-order chi connectivity index (χ1) is 7.04. The first-order valence-electron chi connectivity index (χ1n) is 4.40. The summed E-state index contributed by atoms with van der Waals surface area (Å²) in [5, 5.41) is 0. The van der Waals surface area contributed by atoms with Crippen LogP contribution in [0.5, 0.6) is 0 Å². The number of hydrogen-bond donors (Lipinski definition) is 1. The van der Waals surface area contributed by atoms with E-state index < -0.39 is 12.0 Å². The van der Waals surface area contributed by atoms with E-state index in [0.717, 1.165) is 4.47 Å². The predicted octanol–water partition coefficient (Wildman–Crippen LogP) is 2.24. The van der Waals surface area contributed by atoms with Gasteiger partial charge in [0.05, 0.1) is 11.1 Å². The van der Waals surface area contributed by atoms with Crippen molar-refractivity contribution in [2.75, 3.05) is 6.61 Å². The Morgan fingerprint density at radius 3 is 2.80 bits per heavy atom. The van der Waals surface area contributed by atoms with E-state index in [1.807, 2.05) is 0 Å². The minimum Gasteiger partial charge on any atom is -0.465 e. The van der Waals surface area contributed by atoms with Gasteiger partial charge in [0.1, 0.15) is 11.8 Å². The molecule has 1 aromatic heterocycles. The van der Waals surface area contributed by atoms with Gasteiger partial charge in [0.2, 0.25) is 0 Å². The number of furan rings is 1. The second-order valence-corrected chi connectivity index (χ2v) is 4.47. The van der Waals surface area contributed by atoms with Crippen molar-refractivity contribution in [3.63, 3.8) is 0 Å². The fraction of sp³-hybridized carbons (Fsp3) is 0.444. The molecule has 0 aliphatic rings. The molecule has 0 aliphatic carbocycles. The van der Waals surface area contributed by atoms with Crippen LogP contribution in [0.15, 0.2) is 19.6 Å². The number of ether oxygens (including phenoxy) is 1. The zero-order chi connectivity index (χ0) is 11.4. The number of rotatable bonds is 4. The maximum absolute atomic E-state index is 11.2. The molecule has 6 heteroatoms. The summed E-state index contributed by atoms with van der Waals surface area (Å²) < 4.78 is 11.5. The van der Waals surface area contributed by atoms with E-state index in [4.69, 9.17) is 14.9 Å². The average Bonchev–Trinajstić information content (AvgIpc) is 2.46. The molecule has 1 heterocycles. The molecule has 0 bridgehead atoms. The van der Waals surface area contributed by atoms with Crippen LogP contribution in [0.3, 0.4) is 0 Å². The molecule has 1 atom stereocenters. The number of esters is 1. The number of carbonyl (C=O) groups excluding carboxylic acids is 1. The average molecular weight is 341 g/mol. The summed E-state index contributed by atoms with van der Waals surface area (Å²) >= 11 is 6.48.